The van der Waals surface area contributed by atoms with Crippen LogP contribution in [0.25, 0.3) is 0 Å². The van der Waals surface area contributed by atoms with Crippen LogP contribution in [0.4, 0.5) is 0 Å². The Morgan fingerprint density at radius 3 is 2.45 bits per heavy atom. The van der Waals surface area contributed by atoms with Crippen molar-refractivity contribution in [2.24, 2.45) is 5.92 Å². The van der Waals surface area contributed by atoms with Crippen molar-refractivity contribution in [1.82, 2.24) is 10.2 Å². The standard InChI is InChI=1S/C36H38N2O9/c1-20(2)17-27(39)37-26-11-8-16-38(26)33(40)30-28(21-9-6-5-7-10-21)36(22-12-14-23(43-3)15-13-22)34(41)35(30,42)29-24(47-36)18-25-31(32(29)44-4)46-19-45-25/h5-7,9-10,12-15,17-18,26,28,30,34,41-42H,8,11,16,19H2,1-4H3,(H,37,39)/t26?,28-,30+,34+,35+,36+/m1/s1. The summed E-state index contributed by atoms with van der Waals surface area (Å²) >= 11 is 0. The zero-order valence-corrected chi connectivity index (χ0v) is 26.7. The van der Waals surface area contributed by atoms with Gasteiger partial charge in [-0.15, -0.1) is 0 Å². The molecular weight excluding hydrogens is 604 g/mol. The number of allylic oxidation sites excluding steroid dienone is 1. The number of nitrogens with one attached hydrogen (secondary N) is 1. The summed E-state index contributed by atoms with van der Waals surface area (Å²) in [5, 5.41) is 28.9. The molecule has 1 aliphatic carbocycles. The van der Waals surface area contributed by atoms with E-state index < -0.39 is 41.2 Å². The number of rotatable bonds is 7. The average molecular weight is 643 g/mol. The van der Waals surface area contributed by atoms with Crippen LogP contribution in [0, 0.1) is 5.92 Å². The number of carbonyl (C=O) groups excluding carboxylic acids is 2. The summed E-state index contributed by atoms with van der Waals surface area (Å²) in [6.45, 7) is 3.93. The molecule has 1 unspecified atom stereocenters. The van der Waals surface area contributed by atoms with Crippen molar-refractivity contribution in [2.45, 2.75) is 56.1 Å². The molecule has 4 aliphatic rings. The minimum atomic E-state index is -2.24. The van der Waals surface area contributed by atoms with Gasteiger partial charge in [0.2, 0.25) is 24.4 Å². The largest absolute Gasteiger partial charge is 0.497 e. The van der Waals surface area contributed by atoms with Gasteiger partial charge in [0.1, 0.15) is 29.4 Å². The summed E-state index contributed by atoms with van der Waals surface area (Å²) < 4.78 is 29.7. The van der Waals surface area contributed by atoms with Crippen LogP contribution in [-0.2, 0) is 20.8 Å². The van der Waals surface area contributed by atoms with Crippen molar-refractivity contribution in [3.8, 4) is 28.7 Å². The van der Waals surface area contributed by atoms with E-state index in [0.717, 1.165) is 5.57 Å². The number of ether oxygens (including phenoxy) is 5. The van der Waals surface area contributed by atoms with Gasteiger partial charge in [0.05, 0.1) is 25.7 Å². The van der Waals surface area contributed by atoms with Gasteiger partial charge in [-0.2, -0.15) is 0 Å². The zero-order chi connectivity index (χ0) is 33.1. The first-order chi connectivity index (χ1) is 22.6. The number of carbonyl (C=O) groups is 2. The lowest BCUT2D eigenvalue weighted by atomic mass is 9.75. The summed E-state index contributed by atoms with van der Waals surface area (Å²) in [4.78, 5) is 29.6. The maximum absolute atomic E-state index is 15.2. The minimum Gasteiger partial charge on any atom is -0.497 e. The third kappa shape index (κ3) is 4.55. The van der Waals surface area contributed by atoms with Crippen LogP contribution in [0.2, 0.25) is 0 Å². The number of amides is 2. The minimum absolute atomic E-state index is 0.0744. The fourth-order valence-corrected chi connectivity index (χ4v) is 7.91. The van der Waals surface area contributed by atoms with Crippen molar-refractivity contribution in [1.29, 1.82) is 0 Å². The van der Waals surface area contributed by atoms with Gasteiger partial charge in [0.25, 0.3) is 0 Å². The van der Waals surface area contributed by atoms with E-state index in [1.54, 1.807) is 42.3 Å². The number of methoxy groups -OCH3 is 2. The summed E-state index contributed by atoms with van der Waals surface area (Å²) in [6.07, 6.45) is 0.402. The zero-order valence-electron chi connectivity index (χ0n) is 26.7. The summed E-state index contributed by atoms with van der Waals surface area (Å²) in [5.74, 6) is -1.46. The fourth-order valence-electron chi connectivity index (χ4n) is 7.91. The lowest BCUT2D eigenvalue weighted by molar-refractivity contribution is -0.167. The second-order valence-electron chi connectivity index (χ2n) is 12.7. The molecule has 246 valence electrons. The Hall–Kier alpha value is -4.74. The summed E-state index contributed by atoms with van der Waals surface area (Å²) in [7, 11) is 2.98. The Morgan fingerprint density at radius 2 is 1.77 bits per heavy atom. The molecule has 3 aromatic rings. The monoisotopic (exact) mass is 642 g/mol. The first-order valence-corrected chi connectivity index (χ1v) is 15.7. The highest BCUT2D eigenvalue weighted by Crippen LogP contribution is 2.70. The smallest absolute Gasteiger partial charge is 0.245 e. The topological polar surface area (TPSA) is 136 Å². The van der Waals surface area contributed by atoms with Gasteiger partial charge >= 0.3 is 0 Å². The van der Waals surface area contributed by atoms with Gasteiger partial charge in [-0.3, -0.25) is 9.59 Å². The van der Waals surface area contributed by atoms with Crippen LogP contribution in [0.5, 0.6) is 28.7 Å². The molecule has 6 atom stereocenters. The van der Waals surface area contributed by atoms with Crippen LogP contribution in [0.1, 0.15) is 49.3 Å². The van der Waals surface area contributed by atoms with E-state index in [9.17, 15) is 15.0 Å². The highest BCUT2D eigenvalue weighted by Gasteiger charge is 2.77. The molecule has 3 N–H and O–H groups in total. The lowest BCUT2D eigenvalue weighted by Gasteiger charge is -2.45. The predicted octanol–water partition coefficient (Wildman–Crippen LogP) is 3.71. The van der Waals surface area contributed by atoms with Crippen molar-refractivity contribution >= 4 is 11.8 Å². The van der Waals surface area contributed by atoms with E-state index in [-0.39, 0.29) is 35.5 Å². The highest BCUT2D eigenvalue weighted by molar-refractivity contribution is 5.90. The van der Waals surface area contributed by atoms with Crippen molar-refractivity contribution in [3.05, 3.63) is 89.0 Å². The molecule has 7 rings (SSSR count). The van der Waals surface area contributed by atoms with Crippen LogP contribution in [0.3, 0.4) is 0 Å². The van der Waals surface area contributed by atoms with Crippen LogP contribution in [0.15, 0.2) is 72.3 Å². The quantitative estimate of drug-likeness (QED) is 0.330. The Kier molecular flexibility index (Phi) is 7.56. The van der Waals surface area contributed by atoms with Crippen LogP contribution in [-0.4, -0.2) is 66.8 Å². The second kappa shape index (κ2) is 11.5. The van der Waals surface area contributed by atoms with E-state index >= 15 is 4.79 Å². The van der Waals surface area contributed by atoms with Crippen molar-refractivity contribution in [2.75, 3.05) is 27.6 Å². The number of benzene rings is 3. The molecule has 1 saturated heterocycles. The molecule has 3 aromatic carbocycles. The normalized spacial score (nSPS) is 28.3. The average Bonchev–Trinajstić information content (AvgIpc) is 3.76. The van der Waals surface area contributed by atoms with Crippen molar-refractivity contribution in [3.63, 3.8) is 0 Å². The molecule has 0 aromatic heterocycles. The van der Waals surface area contributed by atoms with E-state index in [0.29, 0.717) is 42.0 Å². The van der Waals surface area contributed by atoms with Crippen LogP contribution < -0.4 is 29.0 Å². The Balaban J connectivity index is 1.48. The second-order valence-corrected chi connectivity index (χ2v) is 12.7. The SMILES string of the molecule is COc1ccc([C@]23Oc4cc5c(c(OC)c4[C@](O)([C@H](C(=O)N4CCCC4NC(=O)C=C(C)C)[C@H]2c2ccccc2)[C@@H]3O)OCO5)cc1. The number of likely N-dealkylation sites (tertiary alicyclic amines) is 1. The number of hydrogen-bond acceptors (Lipinski definition) is 9. The summed E-state index contributed by atoms with van der Waals surface area (Å²) in [6, 6.07) is 18.0. The molecule has 0 spiro atoms. The third-order valence-corrected chi connectivity index (χ3v) is 9.79. The molecule has 2 bridgehead atoms. The van der Waals surface area contributed by atoms with Gasteiger partial charge < -0.3 is 44.1 Å². The van der Waals surface area contributed by atoms with E-state index in [2.05, 4.69) is 5.32 Å². The molecule has 3 aliphatic heterocycles. The van der Waals surface area contributed by atoms with Gasteiger partial charge in [-0.05, 0) is 49.9 Å². The fraction of sp³-hybridized carbons (Fsp3) is 0.389. The predicted molar refractivity (Wildman–Crippen MR) is 169 cm³/mol. The molecule has 2 fully saturated rings. The molecule has 0 radical (unpaired) electrons. The number of fused-ring (bicyclic) bond motifs is 5. The number of aliphatic hydroxyl groups excluding tert-OH is 1. The summed E-state index contributed by atoms with van der Waals surface area (Å²) in [5.41, 5.74) is -1.77. The molecule has 11 heteroatoms. The molecule has 11 nitrogen and oxygen atoms in total. The van der Waals surface area contributed by atoms with Gasteiger partial charge in [0.15, 0.2) is 17.1 Å². The number of aliphatic hydroxyl groups is 2. The Labute approximate surface area is 272 Å². The third-order valence-electron chi connectivity index (χ3n) is 9.79. The Bertz CT molecular complexity index is 1740. The van der Waals surface area contributed by atoms with E-state index in [1.165, 1.54) is 13.2 Å². The first kappa shape index (κ1) is 30.9. The molecule has 3 heterocycles. The first-order valence-electron chi connectivity index (χ1n) is 15.7. The maximum Gasteiger partial charge on any atom is 0.245 e. The maximum atomic E-state index is 15.2. The Morgan fingerprint density at radius 1 is 1.02 bits per heavy atom. The molecule has 2 amide bonds. The van der Waals surface area contributed by atoms with Gasteiger partial charge in [0, 0.05) is 24.6 Å². The van der Waals surface area contributed by atoms with Gasteiger partial charge in [-0.25, -0.2) is 0 Å². The van der Waals surface area contributed by atoms with Crippen molar-refractivity contribution < 1.29 is 43.5 Å². The number of hydrogen-bond donors (Lipinski definition) is 3. The molecular formula is C36H38N2O9. The van der Waals surface area contributed by atoms with Crippen LogP contribution >= 0.6 is 0 Å². The molecule has 1 saturated carbocycles. The van der Waals surface area contributed by atoms with E-state index in [1.807, 2.05) is 44.2 Å². The highest BCUT2D eigenvalue weighted by atomic mass is 16.7. The van der Waals surface area contributed by atoms with Gasteiger partial charge in [-0.1, -0.05) is 48.0 Å². The lowest BCUT2D eigenvalue weighted by Crippen LogP contribution is -2.56. The van der Waals surface area contributed by atoms with E-state index in [4.69, 9.17) is 23.7 Å². The molecule has 47 heavy (non-hydrogen) atoms. The number of nitrogens with zero attached hydrogens (tertiary/aromatic N) is 1.